The molecule has 0 radical (unpaired) electrons. The van der Waals surface area contributed by atoms with Gasteiger partial charge in [0.25, 0.3) is 0 Å². The molecule has 0 aliphatic carbocycles. The molecule has 19 heavy (non-hydrogen) atoms. The van der Waals surface area contributed by atoms with E-state index in [0.29, 0.717) is 9.50 Å². The van der Waals surface area contributed by atoms with Crippen LogP contribution in [0.2, 0.25) is 5.02 Å². The summed E-state index contributed by atoms with van der Waals surface area (Å²) in [5, 5.41) is 3.74. The van der Waals surface area contributed by atoms with Crippen molar-refractivity contribution in [2.75, 3.05) is 13.1 Å². The average Bonchev–Trinajstić information content (AvgIpc) is 2.35. The molecule has 2 rings (SSSR count). The van der Waals surface area contributed by atoms with E-state index in [9.17, 15) is 8.42 Å². The van der Waals surface area contributed by atoms with Crippen molar-refractivity contribution in [1.82, 2.24) is 10.0 Å². The molecule has 1 saturated heterocycles. The lowest BCUT2D eigenvalue weighted by atomic mass is 9.97. The highest BCUT2D eigenvalue weighted by molar-refractivity contribution is 9.10. The predicted octanol–water partition coefficient (Wildman–Crippen LogP) is 2.38. The van der Waals surface area contributed by atoms with E-state index in [4.69, 9.17) is 11.6 Å². The second-order valence-corrected chi connectivity index (χ2v) is 7.75. The van der Waals surface area contributed by atoms with E-state index < -0.39 is 10.0 Å². The molecule has 0 saturated carbocycles. The van der Waals surface area contributed by atoms with Crippen molar-refractivity contribution < 1.29 is 8.42 Å². The van der Waals surface area contributed by atoms with Crippen LogP contribution in [0.15, 0.2) is 27.6 Å². The molecule has 1 fully saturated rings. The Balaban J connectivity index is 2.19. The minimum absolute atomic E-state index is 0.0271. The first-order valence-corrected chi connectivity index (χ1v) is 8.73. The van der Waals surface area contributed by atoms with Crippen molar-refractivity contribution in [2.45, 2.75) is 24.3 Å². The van der Waals surface area contributed by atoms with Crippen LogP contribution in [-0.4, -0.2) is 27.5 Å². The fraction of sp³-hybridized carbons (Fsp3) is 0.500. The second-order valence-electron chi connectivity index (χ2n) is 4.77. The minimum atomic E-state index is -3.50. The smallest absolute Gasteiger partial charge is 0.240 e. The second kappa shape index (κ2) is 6.10. The van der Waals surface area contributed by atoms with E-state index in [2.05, 4.69) is 26.0 Å². The van der Waals surface area contributed by atoms with Crippen LogP contribution < -0.4 is 10.0 Å². The third-order valence-corrected chi connectivity index (χ3v) is 5.99. The number of sulfonamides is 1. The zero-order valence-electron chi connectivity index (χ0n) is 10.5. The summed E-state index contributed by atoms with van der Waals surface area (Å²) < 4.78 is 28.0. The summed E-state index contributed by atoms with van der Waals surface area (Å²) in [6.45, 7) is 3.70. The third kappa shape index (κ3) is 3.70. The lowest BCUT2D eigenvalue weighted by molar-refractivity contribution is 0.328. The molecule has 1 aromatic carbocycles. The van der Waals surface area contributed by atoms with Crippen LogP contribution in [0.1, 0.15) is 13.3 Å². The largest absolute Gasteiger partial charge is 0.316 e. The van der Waals surface area contributed by atoms with Crippen LogP contribution in [0.4, 0.5) is 0 Å². The normalized spacial score (nSPS) is 24.4. The van der Waals surface area contributed by atoms with Gasteiger partial charge in [0.15, 0.2) is 0 Å². The lowest BCUT2D eigenvalue weighted by Crippen LogP contribution is -2.48. The summed E-state index contributed by atoms with van der Waals surface area (Å²) in [7, 11) is -3.50. The first-order chi connectivity index (χ1) is 8.90. The van der Waals surface area contributed by atoms with Crippen LogP contribution in [0.5, 0.6) is 0 Å². The van der Waals surface area contributed by atoms with Crippen molar-refractivity contribution in [3.8, 4) is 0 Å². The molecule has 0 amide bonds. The first kappa shape index (κ1) is 15.3. The van der Waals surface area contributed by atoms with Crippen molar-refractivity contribution in [3.63, 3.8) is 0 Å². The third-order valence-electron chi connectivity index (χ3n) is 3.29. The maximum Gasteiger partial charge on any atom is 0.240 e. The van der Waals surface area contributed by atoms with Crippen molar-refractivity contribution >= 4 is 37.6 Å². The lowest BCUT2D eigenvalue weighted by Gasteiger charge is -2.29. The summed E-state index contributed by atoms with van der Waals surface area (Å²) in [5.41, 5.74) is 0. The number of hydrogen-bond acceptors (Lipinski definition) is 3. The van der Waals surface area contributed by atoms with Crippen molar-refractivity contribution in [1.29, 1.82) is 0 Å². The molecule has 2 atom stereocenters. The van der Waals surface area contributed by atoms with Gasteiger partial charge in [-0.1, -0.05) is 18.5 Å². The molecule has 0 aromatic heterocycles. The van der Waals surface area contributed by atoms with Gasteiger partial charge in [-0.05, 0) is 59.6 Å². The highest BCUT2D eigenvalue weighted by Crippen LogP contribution is 2.25. The maximum atomic E-state index is 12.3. The maximum absolute atomic E-state index is 12.3. The van der Waals surface area contributed by atoms with Gasteiger partial charge >= 0.3 is 0 Å². The molecule has 2 N–H and O–H groups in total. The van der Waals surface area contributed by atoms with Crippen LogP contribution in [0, 0.1) is 5.92 Å². The minimum Gasteiger partial charge on any atom is -0.316 e. The standard InChI is InChI=1S/C12H16BrClN2O2S/c1-8-7-15-5-4-12(8)16-19(17,18)9-2-3-11(14)10(13)6-9/h2-3,6,8,12,15-16H,4-5,7H2,1H3. The molecular weight excluding hydrogens is 352 g/mol. The van der Waals surface area contributed by atoms with E-state index in [1.54, 1.807) is 6.07 Å². The van der Waals surface area contributed by atoms with E-state index in [-0.39, 0.29) is 16.9 Å². The quantitative estimate of drug-likeness (QED) is 0.862. The first-order valence-electron chi connectivity index (χ1n) is 6.08. The predicted molar refractivity (Wildman–Crippen MR) is 79.9 cm³/mol. The zero-order valence-corrected chi connectivity index (χ0v) is 13.6. The van der Waals surface area contributed by atoms with Crippen LogP contribution >= 0.6 is 27.5 Å². The molecule has 4 nitrogen and oxygen atoms in total. The number of benzene rings is 1. The van der Waals surface area contributed by atoms with Crippen molar-refractivity contribution in [3.05, 3.63) is 27.7 Å². The topological polar surface area (TPSA) is 58.2 Å². The molecule has 1 aliphatic rings. The Morgan fingerprint density at radius 2 is 2.21 bits per heavy atom. The molecule has 2 unspecified atom stereocenters. The van der Waals surface area contributed by atoms with Gasteiger partial charge < -0.3 is 5.32 Å². The van der Waals surface area contributed by atoms with Gasteiger partial charge in [0.2, 0.25) is 10.0 Å². The van der Waals surface area contributed by atoms with Crippen LogP contribution in [0.25, 0.3) is 0 Å². The molecule has 1 heterocycles. The van der Waals surface area contributed by atoms with Gasteiger partial charge in [-0.15, -0.1) is 0 Å². The van der Waals surface area contributed by atoms with Gasteiger partial charge in [0, 0.05) is 10.5 Å². The summed E-state index contributed by atoms with van der Waals surface area (Å²) in [4.78, 5) is 0.231. The van der Waals surface area contributed by atoms with Gasteiger partial charge in [-0.3, -0.25) is 0 Å². The monoisotopic (exact) mass is 366 g/mol. The molecule has 0 bridgehead atoms. The van der Waals surface area contributed by atoms with Crippen molar-refractivity contribution in [2.24, 2.45) is 5.92 Å². The van der Waals surface area contributed by atoms with Crippen LogP contribution in [-0.2, 0) is 10.0 Å². The van der Waals surface area contributed by atoms with Gasteiger partial charge in [0.05, 0.1) is 9.92 Å². The number of rotatable bonds is 3. The number of piperidine rings is 1. The highest BCUT2D eigenvalue weighted by Gasteiger charge is 2.26. The summed E-state index contributed by atoms with van der Waals surface area (Å²) in [6, 6.07) is 4.59. The molecule has 1 aromatic rings. The Bertz CT molecular complexity index is 565. The summed E-state index contributed by atoms with van der Waals surface area (Å²) >= 11 is 9.12. The van der Waals surface area contributed by atoms with Crippen LogP contribution in [0.3, 0.4) is 0 Å². The summed E-state index contributed by atoms with van der Waals surface area (Å²) in [6.07, 6.45) is 0.801. The van der Waals surface area contributed by atoms with Gasteiger partial charge in [-0.2, -0.15) is 0 Å². The van der Waals surface area contributed by atoms with E-state index in [0.717, 1.165) is 19.5 Å². The number of nitrogens with one attached hydrogen (secondary N) is 2. The van der Waals surface area contributed by atoms with Gasteiger partial charge in [0.1, 0.15) is 0 Å². The average molecular weight is 368 g/mol. The molecule has 0 spiro atoms. The fourth-order valence-electron chi connectivity index (χ4n) is 2.10. The Morgan fingerprint density at radius 1 is 1.47 bits per heavy atom. The zero-order chi connectivity index (χ0) is 14.0. The Labute approximate surface area is 127 Å². The Hall–Kier alpha value is -0.140. The molecule has 1 aliphatic heterocycles. The van der Waals surface area contributed by atoms with E-state index >= 15 is 0 Å². The summed E-state index contributed by atoms with van der Waals surface area (Å²) in [5.74, 6) is 0.277. The molecule has 106 valence electrons. The fourth-order valence-corrected chi connectivity index (χ4v) is 4.15. The number of hydrogen-bond donors (Lipinski definition) is 2. The van der Waals surface area contributed by atoms with E-state index in [1.165, 1.54) is 12.1 Å². The molecule has 7 heteroatoms. The highest BCUT2D eigenvalue weighted by atomic mass is 79.9. The molecular formula is C12H16BrClN2O2S. The Morgan fingerprint density at radius 3 is 2.84 bits per heavy atom. The SMILES string of the molecule is CC1CNCCC1NS(=O)(=O)c1ccc(Cl)c(Br)c1. The Kier molecular flexibility index (Phi) is 4.89. The number of halogens is 2. The van der Waals surface area contributed by atoms with Gasteiger partial charge in [-0.25, -0.2) is 13.1 Å². The van der Waals surface area contributed by atoms with E-state index in [1.807, 2.05) is 6.92 Å².